The van der Waals surface area contributed by atoms with Crippen molar-refractivity contribution in [1.82, 2.24) is 15.3 Å². The smallest absolute Gasteiger partial charge is 0.323 e. The lowest BCUT2D eigenvalue weighted by molar-refractivity contribution is 0.254. The SMILES string of the molecule is C=C/C=C\C=C(/C=C)Nc1ncc(NC(=O)NC(/C=C\C=C)=C/C=C)c(OC(/C=C\C=C)=C/C=C)n1. The van der Waals surface area contributed by atoms with E-state index in [1.54, 1.807) is 91.1 Å². The lowest BCUT2D eigenvalue weighted by Gasteiger charge is -2.14. The quantitative estimate of drug-likeness (QED) is 0.189. The molecule has 1 aromatic rings. The molecule has 1 aromatic heterocycles. The maximum Gasteiger partial charge on any atom is 0.323 e. The van der Waals surface area contributed by atoms with E-state index in [1.807, 2.05) is 0 Å². The first-order valence-electron chi connectivity index (χ1n) is 10.8. The zero-order valence-electron chi connectivity index (χ0n) is 20.2. The molecule has 7 heteroatoms. The highest BCUT2D eigenvalue weighted by molar-refractivity contribution is 5.91. The molecule has 2 amide bonds. The van der Waals surface area contributed by atoms with Crippen LogP contribution < -0.4 is 20.7 Å². The molecule has 0 aromatic carbocycles. The van der Waals surface area contributed by atoms with Gasteiger partial charge in [0.05, 0.1) is 6.20 Å². The van der Waals surface area contributed by atoms with Gasteiger partial charge in [-0.25, -0.2) is 9.78 Å². The molecule has 36 heavy (non-hydrogen) atoms. The number of hydrogen-bond acceptors (Lipinski definition) is 5. The number of rotatable bonds is 15. The number of carbonyl (C=O) groups excluding carboxylic acids is 1. The number of allylic oxidation sites excluding steroid dienone is 15. The Morgan fingerprint density at radius 3 is 2.11 bits per heavy atom. The topological polar surface area (TPSA) is 88.2 Å². The van der Waals surface area contributed by atoms with Crippen molar-refractivity contribution in [1.29, 1.82) is 0 Å². The Kier molecular flexibility index (Phi) is 13.9. The van der Waals surface area contributed by atoms with Crippen LogP contribution in [0.25, 0.3) is 0 Å². The minimum absolute atomic E-state index is 0.0883. The molecule has 0 atom stereocenters. The molecule has 0 saturated carbocycles. The maximum absolute atomic E-state index is 12.7. The van der Waals surface area contributed by atoms with Crippen molar-refractivity contribution in [2.24, 2.45) is 0 Å². The second-order valence-corrected chi connectivity index (χ2v) is 6.52. The van der Waals surface area contributed by atoms with Gasteiger partial charge in [-0.05, 0) is 36.5 Å². The van der Waals surface area contributed by atoms with Crippen LogP contribution in [0, 0.1) is 0 Å². The van der Waals surface area contributed by atoms with Crippen molar-refractivity contribution in [3.63, 3.8) is 0 Å². The Bertz CT molecular complexity index is 1160. The van der Waals surface area contributed by atoms with Gasteiger partial charge < -0.3 is 20.7 Å². The second-order valence-electron chi connectivity index (χ2n) is 6.52. The zero-order chi connectivity index (χ0) is 26.6. The Morgan fingerprint density at radius 2 is 1.47 bits per heavy atom. The first-order valence-corrected chi connectivity index (χ1v) is 10.8. The second kappa shape index (κ2) is 17.3. The van der Waals surface area contributed by atoms with Gasteiger partial charge in [-0.2, -0.15) is 4.98 Å². The van der Waals surface area contributed by atoms with E-state index in [1.165, 1.54) is 6.20 Å². The van der Waals surface area contributed by atoms with Crippen LogP contribution in [0.5, 0.6) is 5.88 Å². The van der Waals surface area contributed by atoms with Gasteiger partial charge in [-0.15, -0.1) is 0 Å². The van der Waals surface area contributed by atoms with Crippen LogP contribution in [0.3, 0.4) is 0 Å². The Hall–Kier alpha value is -5.17. The third-order valence-corrected chi connectivity index (χ3v) is 3.86. The lowest BCUT2D eigenvalue weighted by Crippen LogP contribution is -2.28. The van der Waals surface area contributed by atoms with Gasteiger partial charge in [0, 0.05) is 11.4 Å². The number of urea groups is 1. The molecule has 0 fully saturated rings. The van der Waals surface area contributed by atoms with Gasteiger partial charge >= 0.3 is 6.03 Å². The van der Waals surface area contributed by atoms with Gasteiger partial charge in [0.1, 0.15) is 11.4 Å². The van der Waals surface area contributed by atoms with E-state index >= 15 is 0 Å². The molecule has 7 nitrogen and oxygen atoms in total. The molecule has 0 unspecified atom stereocenters. The molecule has 1 heterocycles. The van der Waals surface area contributed by atoms with Crippen molar-refractivity contribution in [3.8, 4) is 5.88 Å². The molecule has 184 valence electrons. The highest BCUT2D eigenvalue weighted by Gasteiger charge is 2.14. The lowest BCUT2D eigenvalue weighted by atomic mass is 10.3. The molecular formula is C29H31N5O2. The van der Waals surface area contributed by atoms with E-state index < -0.39 is 6.03 Å². The summed E-state index contributed by atoms with van der Waals surface area (Å²) in [5.41, 5.74) is 1.36. The third kappa shape index (κ3) is 11.1. The Morgan fingerprint density at radius 1 is 0.778 bits per heavy atom. The zero-order valence-corrected chi connectivity index (χ0v) is 20.2. The van der Waals surface area contributed by atoms with Gasteiger partial charge in [-0.1, -0.05) is 94.2 Å². The van der Waals surface area contributed by atoms with E-state index in [2.05, 4.69) is 65.4 Å². The normalized spacial score (nSPS) is 12.3. The standard InChI is InChI=1S/C29H31N5O2/c1-7-13-16-20-23(12-6)31-28-30-22-26(27(34-28)36-25(18-11-5)21-15-9-3)33-29(35)32-24(17-10-4)19-14-8-2/h7-22H,1-6H2,(H,30,31,34)(H2,32,33,35)/b16-13-,19-14-,21-15-,23-20+,24-17+,25-18+. The number of carbonyl (C=O) groups is 1. The van der Waals surface area contributed by atoms with E-state index in [0.717, 1.165) is 0 Å². The van der Waals surface area contributed by atoms with Crippen molar-refractivity contribution in [3.05, 3.63) is 154 Å². The number of hydrogen-bond donors (Lipinski definition) is 3. The summed E-state index contributed by atoms with van der Waals surface area (Å²) in [6.45, 7) is 22.0. The van der Waals surface area contributed by atoms with Gasteiger partial charge in [-0.3, -0.25) is 0 Å². The minimum Gasteiger partial charge on any atom is -0.437 e. The summed E-state index contributed by atoms with van der Waals surface area (Å²) in [4.78, 5) is 21.4. The number of anilines is 2. The predicted molar refractivity (Wildman–Crippen MR) is 151 cm³/mol. The molecule has 0 saturated heterocycles. The van der Waals surface area contributed by atoms with Crippen LogP contribution in [-0.4, -0.2) is 16.0 Å². The molecule has 0 bridgehead atoms. The first kappa shape index (κ1) is 28.9. The summed E-state index contributed by atoms with van der Waals surface area (Å²) in [7, 11) is 0. The average Bonchev–Trinajstić information content (AvgIpc) is 2.87. The molecule has 0 radical (unpaired) electrons. The van der Waals surface area contributed by atoms with E-state index in [-0.39, 0.29) is 17.5 Å². The summed E-state index contributed by atoms with van der Waals surface area (Å²) in [6, 6.07) is -0.539. The Labute approximate surface area is 213 Å². The minimum atomic E-state index is -0.539. The molecule has 0 aliphatic heterocycles. The molecule has 3 N–H and O–H groups in total. The number of ether oxygens (including phenoxy) is 1. The van der Waals surface area contributed by atoms with E-state index in [0.29, 0.717) is 17.2 Å². The van der Waals surface area contributed by atoms with Crippen LogP contribution in [0.15, 0.2) is 154 Å². The van der Waals surface area contributed by atoms with Crippen LogP contribution in [0.1, 0.15) is 0 Å². The monoisotopic (exact) mass is 481 g/mol. The number of nitrogens with one attached hydrogen (secondary N) is 3. The summed E-state index contributed by atoms with van der Waals surface area (Å²) in [5.74, 6) is 0.721. The fourth-order valence-electron chi connectivity index (χ4n) is 2.35. The molecule has 0 aliphatic carbocycles. The number of aromatic nitrogens is 2. The average molecular weight is 482 g/mol. The number of amides is 2. The van der Waals surface area contributed by atoms with E-state index in [4.69, 9.17) is 4.74 Å². The van der Waals surface area contributed by atoms with Crippen LogP contribution in [0.4, 0.5) is 16.4 Å². The Balaban J connectivity index is 3.36. The largest absolute Gasteiger partial charge is 0.437 e. The predicted octanol–water partition coefficient (Wildman–Crippen LogP) is 6.83. The molecular weight excluding hydrogens is 450 g/mol. The summed E-state index contributed by atoms with van der Waals surface area (Å²) in [5, 5.41) is 8.45. The van der Waals surface area contributed by atoms with Crippen LogP contribution in [-0.2, 0) is 0 Å². The van der Waals surface area contributed by atoms with Gasteiger partial charge in [0.2, 0.25) is 11.8 Å². The fraction of sp³-hybridized carbons (Fsp3) is 0. The highest BCUT2D eigenvalue weighted by Crippen LogP contribution is 2.25. The molecule has 1 rings (SSSR count). The van der Waals surface area contributed by atoms with Crippen LogP contribution >= 0.6 is 0 Å². The van der Waals surface area contributed by atoms with Crippen molar-refractivity contribution in [2.75, 3.05) is 10.6 Å². The molecule has 0 spiro atoms. The summed E-state index contributed by atoms with van der Waals surface area (Å²) >= 11 is 0. The van der Waals surface area contributed by atoms with E-state index in [9.17, 15) is 4.79 Å². The van der Waals surface area contributed by atoms with Crippen molar-refractivity contribution < 1.29 is 9.53 Å². The maximum atomic E-state index is 12.7. The van der Waals surface area contributed by atoms with Crippen molar-refractivity contribution in [2.45, 2.75) is 0 Å². The fourth-order valence-corrected chi connectivity index (χ4v) is 2.35. The van der Waals surface area contributed by atoms with Crippen LogP contribution in [0.2, 0.25) is 0 Å². The number of nitrogens with zero attached hydrogens (tertiary/aromatic N) is 2. The molecule has 0 aliphatic rings. The third-order valence-electron chi connectivity index (χ3n) is 3.86. The highest BCUT2D eigenvalue weighted by atomic mass is 16.5. The van der Waals surface area contributed by atoms with Crippen molar-refractivity contribution >= 4 is 17.7 Å². The first-order chi connectivity index (χ1) is 17.5. The summed E-state index contributed by atoms with van der Waals surface area (Å²) < 4.78 is 5.95. The van der Waals surface area contributed by atoms with Gasteiger partial charge in [0.15, 0.2) is 0 Å². The summed E-state index contributed by atoms with van der Waals surface area (Å²) in [6.07, 6.45) is 26.3. The van der Waals surface area contributed by atoms with Gasteiger partial charge in [0.25, 0.3) is 0 Å².